The van der Waals surface area contributed by atoms with Gasteiger partial charge in [0.25, 0.3) is 5.91 Å². The minimum atomic E-state index is -4.85. The average molecular weight is 423 g/mol. The largest absolute Gasteiger partial charge is 0.507 e. The molecule has 10 heteroatoms. The van der Waals surface area contributed by atoms with E-state index >= 15 is 0 Å². The summed E-state index contributed by atoms with van der Waals surface area (Å²) in [6, 6.07) is 11.8. The number of alkyl halides is 3. The quantitative estimate of drug-likeness (QED) is 0.483. The van der Waals surface area contributed by atoms with Crippen molar-refractivity contribution in [1.82, 2.24) is 15.2 Å². The zero-order chi connectivity index (χ0) is 21.2. The van der Waals surface area contributed by atoms with Gasteiger partial charge in [0.15, 0.2) is 5.69 Å². The number of aromatic hydroxyl groups is 1. The van der Waals surface area contributed by atoms with E-state index in [9.17, 15) is 23.1 Å². The van der Waals surface area contributed by atoms with Gasteiger partial charge in [0.05, 0.1) is 23.2 Å². The molecule has 2 aromatic carbocycles. The van der Waals surface area contributed by atoms with Crippen LogP contribution >= 0.6 is 11.6 Å². The molecular formula is C19H14ClF3N4O2. The first-order valence-electron chi connectivity index (χ1n) is 8.22. The van der Waals surface area contributed by atoms with Crippen LogP contribution in [0.25, 0.3) is 5.69 Å². The van der Waals surface area contributed by atoms with E-state index in [1.54, 1.807) is 18.2 Å². The van der Waals surface area contributed by atoms with E-state index in [1.807, 2.05) is 0 Å². The Bertz CT molecular complexity index is 1080. The topological polar surface area (TPSA) is 79.5 Å². The van der Waals surface area contributed by atoms with E-state index in [-0.39, 0.29) is 17.1 Å². The zero-order valence-corrected chi connectivity index (χ0v) is 15.7. The van der Waals surface area contributed by atoms with Crippen molar-refractivity contribution >= 4 is 23.2 Å². The Morgan fingerprint density at radius 2 is 1.79 bits per heavy atom. The summed E-state index contributed by atoms with van der Waals surface area (Å²) in [6.45, 7) is 1.50. The summed E-state index contributed by atoms with van der Waals surface area (Å²) < 4.78 is 41.6. The van der Waals surface area contributed by atoms with Gasteiger partial charge in [-0.2, -0.15) is 23.4 Å². The number of carbonyl (C=O) groups excluding carboxylic acids is 1. The minimum Gasteiger partial charge on any atom is -0.507 e. The lowest BCUT2D eigenvalue weighted by molar-refractivity contribution is -0.143. The maximum Gasteiger partial charge on any atom is 0.434 e. The maximum absolute atomic E-state index is 13.6. The van der Waals surface area contributed by atoms with Gasteiger partial charge >= 0.3 is 6.18 Å². The predicted molar refractivity (Wildman–Crippen MR) is 101 cm³/mol. The molecule has 0 aliphatic heterocycles. The van der Waals surface area contributed by atoms with Crippen LogP contribution in [0.1, 0.15) is 28.5 Å². The highest BCUT2D eigenvalue weighted by molar-refractivity contribution is 6.30. The lowest BCUT2D eigenvalue weighted by atomic mass is 10.1. The number of benzene rings is 2. The van der Waals surface area contributed by atoms with Crippen LogP contribution < -0.4 is 5.43 Å². The smallest absolute Gasteiger partial charge is 0.434 e. The number of amides is 1. The van der Waals surface area contributed by atoms with Crippen LogP contribution in [0.4, 0.5) is 13.2 Å². The molecule has 150 valence electrons. The van der Waals surface area contributed by atoms with Gasteiger partial charge in [-0.05, 0) is 43.3 Å². The fourth-order valence-corrected chi connectivity index (χ4v) is 2.73. The van der Waals surface area contributed by atoms with Gasteiger partial charge in [0.2, 0.25) is 0 Å². The van der Waals surface area contributed by atoms with Gasteiger partial charge in [-0.25, -0.2) is 10.1 Å². The normalized spacial score (nSPS) is 12.1. The molecule has 29 heavy (non-hydrogen) atoms. The molecule has 1 aromatic heterocycles. The second-order valence-electron chi connectivity index (χ2n) is 5.95. The molecule has 0 saturated carbocycles. The molecular weight excluding hydrogens is 409 g/mol. The van der Waals surface area contributed by atoms with Crippen LogP contribution in [0.2, 0.25) is 5.02 Å². The van der Waals surface area contributed by atoms with Gasteiger partial charge in [-0.15, -0.1) is 0 Å². The predicted octanol–water partition coefficient (Wildman–Crippen LogP) is 4.40. The molecule has 1 amide bonds. The van der Waals surface area contributed by atoms with Gasteiger partial charge < -0.3 is 5.11 Å². The monoisotopic (exact) mass is 422 g/mol. The molecule has 0 atom stereocenters. The number of hydrogen-bond donors (Lipinski definition) is 2. The van der Waals surface area contributed by atoms with Crippen molar-refractivity contribution in [3.63, 3.8) is 0 Å². The maximum atomic E-state index is 13.6. The molecule has 0 unspecified atom stereocenters. The van der Waals surface area contributed by atoms with E-state index in [0.29, 0.717) is 15.3 Å². The lowest BCUT2D eigenvalue weighted by Crippen LogP contribution is -2.24. The van der Waals surface area contributed by atoms with E-state index in [0.717, 1.165) is 6.20 Å². The Morgan fingerprint density at radius 1 is 1.14 bits per heavy atom. The molecule has 3 aromatic rings. The Labute approximate surface area is 168 Å². The third-order valence-corrected chi connectivity index (χ3v) is 4.22. The average Bonchev–Trinajstić information content (AvgIpc) is 3.12. The Hall–Kier alpha value is -3.33. The number of para-hydroxylation sites is 1. The number of hydrogen-bond acceptors (Lipinski definition) is 4. The summed E-state index contributed by atoms with van der Waals surface area (Å²) in [5.74, 6) is -1.16. The molecule has 0 bridgehead atoms. The number of nitrogens with one attached hydrogen (secondary N) is 1. The van der Waals surface area contributed by atoms with Crippen molar-refractivity contribution in [3.05, 3.63) is 76.6 Å². The first kappa shape index (κ1) is 20.4. The lowest BCUT2D eigenvalue weighted by Gasteiger charge is -2.12. The van der Waals surface area contributed by atoms with Gasteiger partial charge in [0, 0.05) is 10.6 Å². The van der Waals surface area contributed by atoms with Crippen molar-refractivity contribution in [3.8, 4) is 11.4 Å². The number of phenols is 1. The first-order valence-corrected chi connectivity index (χ1v) is 8.60. The van der Waals surface area contributed by atoms with Gasteiger partial charge in [-0.1, -0.05) is 23.7 Å². The van der Waals surface area contributed by atoms with Crippen LogP contribution in [0, 0.1) is 0 Å². The van der Waals surface area contributed by atoms with E-state index in [2.05, 4.69) is 15.6 Å². The standard InChI is InChI=1S/C19H14ClF3N4O2/c1-11(14-4-2-3-5-16(14)28)25-26-18(29)15-10-24-27(17(15)19(21,22)23)13-8-6-12(20)7-9-13/h2-10,28H,1H3,(H,26,29)/b25-11+. The first-order chi connectivity index (χ1) is 13.7. The molecule has 0 fully saturated rings. The van der Waals surface area contributed by atoms with Crippen molar-refractivity contribution in [1.29, 1.82) is 0 Å². The number of rotatable bonds is 4. The fraction of sp³-hybridized carbons (Fsp3) is 0.105. The highest BCUT2D eigenvalue weighted by Crippen LogP contribution is 2.33. The van der Waals surface area contributed by atoms with Crippen LogP contribution in [0.3, 0.4) is 0 Å². The second-order valence-corrected chi connectivity index (χ2v) is 6.38. The molecule has 2 N–H and O–H groups in total. The summed E-state index contributed by atoms with van der Waals surface area (Å²) >= 11 is 5.77. The van der Waals surface area contributed by atoms with E-state index in [1.165, 1.54) is 37.3 Å². The highest BCUT2D eigenvalue weighted by Gasteiger charge is 2.40. The Balaban J connectivity index is 1.94. The molecule has 0 saturated heterocycles. The molecule has 0 spiro atoms. The van der Waals surface area contributed by atoms with Crippen molar-refractivity contribution in [2.24, 2.45) is 5.10 Å². The number of aromatic nitrogens is 2. The number of carbonyl (C=O) groups is 1. The number of halogens is 4. The molecule has 6 nitrogen and oxygen atoms in total. The molecule has 3 rings (SSSR count). The Kier molecular flexibility index (Phi) is 5.60. The summed E-state index contributed by atoms with van der Waals surface area (Å²) in [7, 11) is 0. The molecule has 0 radical (unpaired) electrons. The number of phenolic OH excluding ortho intramolecular Hbond substituents is 1. The Morgan fingerprint density at radius 3 is 2.41 bits per heavy atom. The van der Waals surface area contributed by atoms with Crippen molar-refractivity contribution < 1.29 is 23.1 Å². The van der Waals surface area contributed by atoms with Crippen LogP contribution in [0.5, 0.6) is 5.75 Å². The zero-order valence-electron chi connectivity index (χ0n) is 14.9. The molecule has 0 aliphatic rings. The number of nitrogens with zero attached hydrogens (tertiary/aromatic N) is 3. The van der Waals surface area contributed by atoms with Gasteiger partial charge in [0.1, 0.15) is 5.75 Å². The number of hydrazone groups is 1. The third-order valence-electron chi connectivity index (χ3n) is 3.97. The third kappa shape index (κ3) is 4.40. The van der Waals surface area contributed by atoms with Crippen molar-refractivity contribution in [2.45, 2.75) is 13.1 Å². The van der Waals surface area contributed by atoms with E-state index in [4.69, 9.17) is 11.6 Å². The summed E-state index contributed by atoms with van der Waals surface area (Å²) in [6.07, 6.45) is -4.03. The van der Waals surface area contributed by atoms with E-state index < -0.39 is 23.3 Å². The van der Waals surface area contributed by atoms with Crippen LogP contribution in [-0.4, -0.2) is 26.5 Å². The summed E-state index contributed by atoms with van der Waals surface area (Å²) in [5.41, 5.74) is 0.782. The highest BCUT2D eigenvalue weighted by atomic mass is 35.5. The summed E-state index contributed by atoms with van der Waals surface area (Å²) in [4.78, 5) is 12.4. The SMILES string of the molecule is C/C(=N\NC(=O)c1cnn(-c2ccc(Cl)cc2)c1C(F)(F)F)c1ccccc1O. The summed E-state index contributed by atoms with van der Waals surface area (Å²) in [5, 5.41) is 17.6. The fourth-order valence-electron chi connectivity index (χ4n) is 2.60. The van der Waals surface area contributed by atoms with Crippen LogP contribution in [-0.2, 0) is 6.18 Å². The molecule has 0 aliphatic carbocycles. The van der Waals surface area contributed by atoms with Gasteiger partial charge in [-0.3, -0.25) is 4.79 Å². The van der Waals surface area contributed by atoms with Crippen LogP contribution in [0.15, 0.2) is 59.8 Å². The van der Waals surface area contributed by atoms with Crippen molar-refractivity contribution in [2.75, 3.05) is 0 Å². The molecule has 1 heterocycles. The second kappa shape index (κ2) is 7.96. The minimum absolute atomic E-state index is 0.0745.